The Morgan fingerprint density at radius 3 is 2.70 bits per heavy atom. The Morgan fingerprint density at radius 2 is 2.07 bits per heavy atom. The number of rotatable bonds is 4. The van der Waals surface area contributed by atoms with Gasteiger partial charge in [0.1, 0.15) is 17.1 Å². The van der Waals surface area contributed by atoms with E-state index in [1.54, 1.807) is 0 Å². The van der Waals surface area contributed by atoms with Crippen molar-refractivity contribution in [3.05, 3.63) is 18.0 Å². The van der Waals surface area contributed by atoms with Crippen molar-refractivity contribution in [1.29, 1.82) is 0 Å². The summed E-state index contributed by atoms with van der Waals surface area (Å²) in [5.74, 6) is 2.30. The van der Waals surface area contributed by atoms with Gasteiger partial charge in [0.05, 0.1) is 6.54 Å². The van der Waals surface area contributed by atoms with Crippen molar-refractivity contribution in [2.75, 3.05) is 31.1 Å². The van der Waals surface area contributed by atoms with Gasteiger partial charge in [0.2, 0.25) is 0 Å². The van der Waals surface area contributed by atoms with Crippen molar-refractivity contribution in [2.45, 2.75) is 38.2 Å². The lowest BCUT2D eigenvalue weighted by Crippen LogP contribution is -2.47. The van der Waals surface area contributed by atoms with E-state index < -0.39 is 0 Å². The Labute approximate surface area is 161 Å². The van der Waals surface area contributed by atoms with Crippen LogP contribution in [0.25, 0.3) is 10.7 Å². The van der Waals surface area contributed by atoms with Crippen molar-refractivity contribution in [2.24, 2.45) is 5.92 Å². The maximum absolute atomic E-state index is 12.2. The zero-order chi connectivity index (χ0) is 18.4. The maximum Gasteiger partial charge on any atom is 0.410 e. The fraction of sp³-hybridized carbons (Fsp3) is 0.611. The smallest absolute Gasteiger partial charge is 0.410 e. The van der Waals surface area contributed by atoms with Gasteiger partial charge in [0, 0.05) is 32.5 Å². The molecular formula is C18H22N6O2S. The van der Waals surface area contributed by atoms with E-state index in [1.165, 1.54) is 24.4 Å². The molecule has 4 heterocycles. The lowest BCUT2D eigenvalue weighted by atomic mass is 9.91. The Hall–Kier alpha value is -2.29. The summed E-state index contributed by atoms with van der Waals surface area (Å²) in [6.45, 7) is 5.10. The number of aromatic nitrogens is 4. The first-order valence-corrected chi connectivity index (χ1v) is 10.2. The summed E-state index contributed by atoms with van der Waals surface area (Å²) in [4.78, 5) is 20.7. The van der Waals surface area contributed by atoms with Crippen molar-refractivity contribution < 1.29 is 9.53 Å². The number of ether oxygens (including phenoxy) is 1. The third-order valence-electron chi connectivity index (χ3n) is 5.61. The van der Waals surface area contributed by atoms with E-state index in [9.17, 15) is 4.79 Å². The average Bonchev–Trinajstić information content (AvgIpc) is 3.31. The van der Waals surface area contributed by atoms with Crippen LogP contribution in [0.3, 0.4) is 0 Å². The second kappa shape index (κ2) is 6.40. The number of hydrogen-bond acceptors (Lipinski definition) is 8. The predicted molar refractivity (Wildman–Crippen MR) is 101 cm³/mol. The van der Waals surface area contributed by atoms with E-state index in [4.69, 9.17) is 4.74 Å². The molecule has 2 aromatic rings. The number of piperidine rings is 1. The first kappa shape index (κ1) is 16.9. The molecule has 2 saturated heterocycles. The molecule has 3 aliphatic rings. The van der Waals surface area contributed by atoms with E-state index in [0.29, 0.717) is 5.92 Å². The van der Waals surface area contributed by atoms with Gasteiger partial charge in [-0.25, -0.2) is 9.78 Å². The van der Waals surface area contributed by atoms with E-state index in [1.807, 2.05) is 24.0 Å². The molecule has 0 N–H and O–H groups in total. The Bertz CT molecular complexity index is 842. The monoisotopic (exact) mass is 386 g/mol. The molecule has 1 saturated carbocycles. The lowest BCUT2D eigenvalue weighted by Gasteiger charge is -2.37. The van der Waals surface area contributed by atoms with Gasteiger partial charge in [-0.3, -0.25) is 0 Å². The van der Waals surface area contributed by atoms with Crippen LogP contribution in [0.15, 0.2) is 12.1 Å². The molecule has 142 valence electrons. The van der Waals surface area contributed by atoms with Crippen LogP contribution in [0.4, 0.5) is 10.6 Å². The highest BCUT2D eigenvalue weighted by Crippen LogP contribution is 2.37. The van der Waals surface area contributed by atoms with Crippen LogP contribution >= 0.6 is 11.5 Å². The minimum absolute atomic E-state index is 0.133. The largest absolute Gasteiger partial charge is 0.441 e. The minimum Gasteiger partial charge on any atom is -0.441 e. The van der Waals surface area contributed by atoms with E-state index >= 15 is 0 Å². The van der Waals surface area contributed by atoms with Crippen molar-refractivity contribution in [1.82, 2.24) is 24.5 Å². The molecule has 9 heteroatoms. The second-order valence-corrected chi connectivity index (χ2v) is 8.54. The SMILES string of the molecule is Cc1nsc(-c2ccc(N3CCC4(CC3)CN(CC3CC3)C(=O)O4)nn2)n1. The van der Waals surface area contributed by atoms with Crippen LogP contribution in [0, 0.1) is 12.8 Å². The van der Waals surface area contributed by atoms with Crippen LogP contribution in [0.2, 0.25) is 0 Å². The molecule has 0 atom stereocenters. The summed E-state index contributed by atoms with van der Waals surface area (Å²) in [5, 5.41) is 9.48. The van der Waals surface area contributed by atoms with Gasteiger partial charge in [-0.1, -0.05) is 0 Å². The second-order valence-electron chi connectivity index (χ2n) is 7.79. The molecule has 0 aromatic carbocycles. The Morgan fingerprint density at radius 1 is 1.26 bits per heavy atom. The topological polar surface area (TPSA) is 84.3 Å². The van der Waals surface area contributed by atoms with Crippen LogP contribution in [0.5, 0.6) is 0 Å². The molecular weight excluding hydrogens is 364 g/mol. The Balaban J connectivity index is 1.22. The zero-order valence-electron chi connectivity index (χ0n) is 15.3. The van der Waals surface area contributed by atoms with Crippen molar-refractivity contribution >= 4 is 23.4 Å². The molecule has 8 nitrogen and oxygen atoms in total. The van der Waals surface area contributed by atoms with E-state index in [2.05, 4.69) is 24.5 Å². The average molecular weight is 386 g/mol. The minimum atomic E-state index is -0.320. The van der Waals surface area contributed by atoms with Gasteiger partial charge >= 0.3 is 6.09 Å². The van der Waals surface area contributed by atoms with Crippen molar-refractivity contribution in [3.8, 4) is 10.7 Å². The number of nitrogens with zero attached hydrogens (tertiary/aromatic N) is 6. The summed E-state index contributed by atoms with van der Waals surface area (Å²) in [6.07, 6.45) is 4.02. The first-order valence-electron chi connectivity index (χ1n) is 9.48. The van der Waals surface area contributed by atoms with E-state index in [-0.39, 0.29) is 11.7 Å². The molecule has 3 fully saturated rings. The summed E-state index contributed by atoms with van der Waals surface area (Å²) in [7, 11) is 0. The molecule has 0 radical (unpaired) electrons. The molecule has 0 bridgehead atoms. The lowest BCUT2D eigenvalue weighted by molar-refractivity contribution is 0.0365. The fourth-order valence-electron chi connectivity index (χ4n) is 3.86. The third-order valence-corrected chi connectivity index (χ3v) is 6.44. The van der Waals surface area contributed by atoms with Crippen molar-refractivity contribution in [3.63, 3.8) is 0 Å². The van der Waals surface area contributed by atoms with Crippen LogP contribution in [-0.2, 0) is 4.74 Å². The van der Waals surface area contributed by atoms with Crippen LogP contribution in [-0.4, -0.2) is 62.3 Å². The molecule has 0 unspecified atom stereocenters. The van der Waals surface area contributed by atoms with Gasteiger partial charge in [-0.2, -0.15) is 4.37 Å². The summed E-state index contributed by atoms with van der Waals surface area (Å²) in [6, 6.07) is 3.93. The van der Waals surface area contributed by atoms with Gasteiger partial charge in [-0.05, 0) is 49.3 Å². The third kappa shape index (κ3) is 3.36. The van der Waals surface area contributed by atoms with Gasteiger partial charge in [-0.15, -0.1) is 10.2 Å². The highest BCUT2D eigenvalue weighted by atomic mass is 32.1. The molecule has 1 spiro atoms. The van der Waals surface area contributed by atoms with Gasteiger partial charge in [0.25, 0.3) is 0 Å². The molecule has 5 rings (SSSR count). The highest BCUT2D eigenvalue weighted by molar-refractivity contribution is 7.09. The first-order chi connectivity index (χ1) is 13.1. The highest BCUT2D eigenvalue weighted by Gasteiger charge is 2.48. The molecule has 1 amide bonds. The number of amides is 1. The normalized spacial score (nSPS) is 21.7. The number of carbonyl (C=O) groups is 1. The number of hydrogen-bond donors (Lipinski definition) is 0. The summed E-state index contributed by atoms with van der Waals surface area (Å²) >= 11 is 1.34. The number of aryl methyl sites for hydroxylation is 1. The summed E-state index contributed by atoms with van der Waals surface area (Å²) < 4.78 is 9.99. The quantitative estimate of drug-likeness (QED) is 0.798. The van der Waals surface area contributed by atoms with Crippen LogP contribution in [0.1, 0.15) is 31.5 Å². The summed E-state index contributed by atoms with van der Waals surface area (Å²) in [5.41, 5.74) is 0.429. The van der Waals surface area contributed by atoms with Gasteiger partial charge < -0.3 is 14.5 Å². The van der Waals surface area contributed by atoms with Gasteiger partial charge in [0.15, 0.2) is 10.8 Å². The molecule has 27 heavy (non-hydrogen) atoms. The maximum atomic E-state index is 12.2. The fourth-order valence-corrected chi connectivity index (χ4v) is 4.49. The Kier molecular flexibility index (Phi) is 3.99. The number of carbonyl (C=O) groups excluding carboxylic acids is 1. The molecule has 2 aliphatic heterocycles. The predicted octanol–water partition coefficient (Wildman–Crippen LogP) is 2.50. The molecule has 2 aromatic heterocycles. The zero-order valence-corrected chi connectivity index (χ0v) is 16.1. The van der Waals surface area contributed by atoms with E-state index in [0.717, 1.165) is 61.4 Å². The standard InChI is InChI=1S/C18H22N6O2S/c1-12-19-16(27-22-12)14-4-5-15(21-20-14)23-8-6-18(7-9-23)11-24(17(25)26-18)10-13-2-3-13/h4-5,13H,2-3,6-11H2,1H3. The molecule has 1 aliphatic carbocycles. The number of anilines is 1. The van der Waals surface area contributed by atoms with Crippen LogP contribution < -0.4 is 4.90 Å².